The molecule has 0 spiro atoms. The molecule has 0 aromatic carbocycles. The summed E-state index contributed by atoms with van der Waals surface area (Å²) in [4.78, 5) is 5.02. The summed E-state index contributed by atoms with van der Waals surface area (Å²) in [5.41, 5.74) is 0.410. The minimum atomic E-state index is 0.410. The third kappa shape index (κ3) is 1.89. The highest BCUT2D eigenvalue weighted by Gasteiger charge is 2.39. The summed E-state index contributed by atoms with van der Waals surface area (Å²) in [6.07, 6.45) is 1.26. The molecule has 1 fully saturated rings. The van der Waals surface area contributed by atoms with Crippen molar-refractivity contribution in [3.05, 3.63) is 0 Å². The van der Waals surface area contributed by atoms with Crippen molar-refractivity contribution in [3.8, 4) is 0 Å². The van der Waals surface area contributed by atoms with Gasteiger partial charge in [0.2, 0.25) is 0 Å². The minimum Gasteiger partial charge on any atom is -0.303 e. The molecule has 0 aliphatic carbocycles. The number of hydrogen-bond acceptors (Lipinski definition) is 2. The first-order chi connectivity index (χ1) is 6.03. The van der Waals surface area contributed by atoms with E-state index < -0.39 is 0 Å². The van der Waals surface area contributed by atoms with Crippen molar-refractivity contribution in [3.63, 3.8) is 0 Å². The second kappa shape index (κ2) is 3.97. The number of likely N-dealkylation sites (N-methyl/N-ethyl adjacent to an activating group) is 2. The van der Waals surface area contributed by atoms with Crippen LogP contribution in [0.25, 0.3) is 0 Å². The Bertz CT molecular complexity index is 167. The van der Waals surface area contributed by atoms with E-state index in [1.165, 1.54) is 26.1 Å². The van der Waals surface area contributed by atoms with Gasteiger partial charge in [0.1, 0.15) is 0 Å². The van der Waals surface area contributed by atoms with Crippen molar-refractivity contribution in [2.24, 2.45) is 5.92 Å². The number of nitrogens with zero attached hydrogens (tertiary/aromatic N) is 2. The molecule has 1 saturated heterocycles. The zero-order valence-corrected chi connectivity index (χ0v) is 9.80. The van der Waals surface area contributed by atoms with Crippen molar-refractivity contribution in [2.45, 2.75) is 32.7 Å². The molecule has 0 saturated carbocycles. The van der Waals surface area contributed by atoms with E-state index in [0.717, 1.165) is 5.92 Å². The Labute approximate surface area is 82.9 Å². The van der Waals surface area contributed by atoms with E-state index in [9.17, 15) is 0 Å². The zero-order valence-electron chi connectivity index (χ0n) is 9.80. The molecular weight excluding hydrogens is 160 g/mol. The maximum absolute atomic E-state index is 2.55. The number of piperazine rings is 1. The van der Waals surface area contributed by atoms with Crippen LogP contribution in [0.3, 0.4) is 0 Å². The fourth-order valence-electron chi connectivity index (χ4n) is 2.62. The van der Waals surface area contributed by atoms with Crippen molar-refractivity contribution >= 4 is 0 Å². The van der Waals surface area contributed by atoms with Crippen LogP contribution in [0.15, 0.2) is 0 Å². The molecule has 0 amide bonds. The van der Waals surface area contributed by atoms with Crippen LogP contribution in [0.4, 0.5) is 0 Å². The average Bonchev–Trinajstić information content (AvgIpc) is 2.09. The van der Waals surface area contributed by atoms with Gasteiger partial charge in [-0.05, 0) is 26.4 Å². The Hall–Kier alpha value is -0.0800. The van der Waals surface area contributed by atoms with E-state index >= 15 is 0 Å². The fourth-order valence-corrected chi connectivity index (χ4v) is 2.62. The quantitative estimate of drug-likeness (QED) is 0.644. The van der Waals surface area contributed by atoms with Gasteiger partial charge in [-0.2, -0.15) is 0 Å². The van der Waals surface area contributed by atoms with Crippen LogP contribution in [0, 0.1) is 5.92 Å². The SMILES string of the molecule is CCC1(C(C)C)CN(C)CCN1C. The summed E-state index contributed by atoms with van der Waals surface area (Å²) in [5.74, 6) is 0.741. The maximum atomic E-state index is 2.55. The molecule has 0 N–H and O–H groups in total. The Morgan fingerprint density at radius 3 is 2.23 bits per heavy atom. The molecule has 0 bridgehead atoms. The van der Waals surface area contributed by atoms with Gasteiger partial charge in [-0.15, -0.1) is 0 Å². The molecule has 78 valence electrons. The van der Waals surface area contributed by atoms with Crippen molar-refractivity contribution in [1.29, 1.82) is 0 Å². The van der Waals surface area contributed by atoms with Crippen LogP contribution in [0.5, 0.6) is 0 Å². The summed E-state index contributed by atoms with van der Waals surface area (Å²) in [7, 11) is 4.51. The zero-order chi connectivity index (χ0) is 10.1. The van der Waals surface area contributed by atoms with E-state index in [-0.39, 0.29) is 0 Å². The van der Waals surface area contributed by atoms with Gasteiger partial charge in [0.05, 0.1) is 0 Å². The highest BCUT2D eigenvalue weighted by molar-refractivity contribution is 4.96. The molecule has 2 heteroatoms. The largest absolute Gasteiger partial charge is 0.303 e. The van der Waals surface area contributed by atoms with Crippen LogP contribution in [0.2, 0.25) is 0 Å². The first kappa shape index (κ1) is 11.0. The second-order valence-electron chi connectivity index (χ2n) is 4.77. The molecule has 13 heavy (non-hydrogen) atoms. The van der Waals surface area contributed by atoms with Crippen LogP contribution in [-0.4, -0.2) is 49.1 Å². The topological polar surface area (TPSA) is 6.48 Å². The molecule has 1 atom stereocenters. The molecule has 1 rings (SSSR count). The van der Waals surface area contributed by atoms with Gasteiger partial charge in [0, 0.05) is 25.2 Å². The van der Waals surface area contributed by atoms with Crippen LogP contribution in [-0.2, 0) is 0 Å². The highest BCUT2D eigenvalue weighted by atomic mass is 15.3. The summed E-state index contributed by atoms with van der Waals surface area (Å²) >= 11 is 0. The third-order valence-electron chi connectivity index (χ3n) is 3.81. The molecule has 2 nitrogen and oxygen atoms in total. The van der Waals surface area contributed by atoms with E-state index in [1.54, 1.807) is 0 Å². The van der Waals surface area contributed by atoms with E-state index in [2.05, 4.69) is 44.7 Å². The molecule has 1 unspecified atom stereocenters. The summed E-state index contributed by atoms with van der Waals surface area (Å²) in [6.45, 7) is 10.7. The normalized spacial score (nSPS) is 32.8. The monoisotopic (exact) mass is 184 g/mol. The van der Waals surface area contributed by atoms with Gasteiger partial charge in [-0.25, -0.2) is 0 Å². The molecule has 1 heterocycles. The van der Waals surface area contributed by atoms with Crippen LogP contribution >= 0.6 is 0 Å². The number of rotatable bonds is 2. The number of hydrogen-bond donors (Lipinski definition) is 0. The Balaban J connectivity index is 2.80. The van der Waals surface area contributed by atoms with E-state index in [0.29, 0.717) is 5.54 Å². The minimum absolute atomic E-state index is 0.410. The molecular formula is C11H24N2. The highest BCUT2D eigenvalue weighted by Crippen LogP contribution is 2.30. The van der Waals surface area contributed by atoms with Crippen molar-refractivity contribution < 1.29 is 0 Å². The predicted molar refractivity (Wildman–Crippen MR) is 58.0 cm³/mol. The lowest BCUT2D eigenvalue weighted by Crippen LogP contribution is -2.62. The Kier molecular flexibility index (Phi) is 3.36. The second-order valence-corrected chi connectivity index (χ2v) is 4.77. The summed E-state index contributed by atoms with van der Waals surface area (Å²) < 4.78 is 0. The molecule has 1 aliphatic rings. The molecule has 1 aliphatic heterocycles. The lowest BCUT2D eigenvalue weighted by molar-refractivity contribution is -0.00918. The van der Waals surface area contributed by atoms with Crippen molar-refractivity contribution in [1.82, 2.24) is 9.80 Å². The average molecular weight is 184 g/mol. The van der Waals surface area contributed by atoms with Gasteiger partial charge >= 0.3 is 0 Å². The van der Waals surface area contributed by atoms with Gasteiger partial charge < -0.3 is 4.90 Å². The lowest BCUT2D eigenvalue weighted by atomic mass is 9.80. The summed E-state index contributed by atoms with van der Waals surface area (Å²) in [5, 5.41) is 0. The van der Waals surface area contributed by atoms with Gasteiger partial charge in [0.25, 0.3) is 0 Å². The predicted octanol–water partition coefficient (Wildman–Crippen LogP) is 1.67. The summed E-state index contributed by atoms with van der Waals surface area (Å²) in [6, 6.07) is 0. The first-order valence-corrected chi connectivity index (χ1v) is 5.42. The smallest absolute Gasteiger partial charge is 0.0354 e. The third-order valence-corrected chi connectivity index (χ3v) is 3.81. The Morgan fingerprint density at radius 1 is 1.23 bits per heavy atom. The van der Waals surface area contributed by atoms with Crippen molar-refractivity contribution in [2.75, 3.05) is 33.7 Å². The van der Waals surface area contributed by atoms with Crippen LogP contribution in [0.1, 0.15) is 27.2 Å². The maximum Gasteiger partial charge on any atom is 0.0354 e. The fraction of sp³-hybridized carbons (Fsp3) is 1.00. The molecule has 0 radical (unpaired) electrons. The standard InChI is InChI=1S/C11H24N2/c1-6-11(10(2)3)9-12(4)7-8-13(11)5/h10H,6-9H2,1-5H3. The van der Waals surface area contributed by atoms with E-state index in [1.807, 2.05) is 0 Å². The molecule has 0 aromatic rings. The lowest BCUT2D eigenvalue weighted by Gasteiger charge is -2.51. The van der Waals surface area contributed by atoms with Crippen LogP contribution < -0.4 is 0 Å². The molecule has 0 aromatic heterocycles. The first-order valence-electron chi connectivity index (χ1n) is 5.42. The van der Waals surface area contributed by atoms with E-state index in [4.69, 9.17) is 0 Å². The van der Waals surface area contributed by atoms with Gasteiger partial charge in [-0.1, -0.05) is 20.8 Å². The Morgan fingerprint density at radius 2 is 1.85 bits per heavy atom. The van der Waals surface area contributed by atoms with Gasteiger partial charge in [0.15, 0.2) is 0 Å². The van der Waals surface area contributed by atoms with Gasteiger partial charge in [-0.3, -0.25) is 4.90 Å².